The summed E-state index contributed by atoms with van der Waals surface area (Å²) in [5.41, 5.74) is 1.36. The molecule has 154 valence electrons. The highest BCUT2D eigenvalue weighted by atomic mass is 32.1. The van der Waals surface area contributed by atoms with Gasteiger partial charge in [-0.1, -0.05) is 48.5 Å². The molecule has 0 heterocycles. The SMILES string of the molecule is N#Cc1c2ccccc2c(CNC(=S)Nc2ccc(C(F)(F)F)cc2)c2ccccc12. The van der Waals surface area contributed by atoms with E-state index in [4.69, 9.17) is 12.2 Å². The van der Waals surface area contributed by atoms with Crippen molar-refractivity contribution in [3.63, 3.8) is 0 Å². The van der Waals surface area contributed by atoms with Gasteiger partial charge < -0.3 is 10.6 Å². The van der Waals surface area contributed by atoms with Crippen molar-refractivity contribution in [3.05, 3.63) is 89.5 Å². The highest BCUT2D eigenvalue weighted by Gasteiger charge is 2.29. The number of fused-ring (bicyclic) bond motifs is 2. The first-order valence-corrected chi connectivity index (χ1v) is 9.84. The van der Waals surface area contributed by atoms with Gasteiger partial charge in [0, 0.05) is 23.0 Å². The number of rotatable bonds is 3. The highest BCUT2D eigenvalue weighted by Crippen LogP contribution is 2.33. The molecule has 0 fully saturated rings. The van der Waals surface area contributed by atoms with Crippen molar-refractivity contribution >= 4 is 44.6 Å². The third-order valence-electron chi connectivity index (χ3n) is 5.05. The van der Waals surface area contributed by atoms with Crippen molar-refractivity contribution in [1.29, 1.82) is 5.26 Å². The second-order valence-electron chi connectivity index (χ2n) is 6.94. The molecule has 7 heteroatoms. The quantitative estimate of drug-likeness (QED) is 0.290. The van der Waals surface area contributed by atoms with Crippen molar-refractivity contribution < 1.29 is 13.2 Å². The monoisotopic (exact) mass is 435 g/mol. The van der Waals surface area contributed by atoms with Gasteiger partial charge in [-0.15, -0.1) is 0 Å². The Morgan fingerprint density at radius 1 is 0.839 bits per heavy atom. The molecular formula is C24H16F3N3S. The van der Waals surface area contributed by atoms with Crippen LogP contribution in [0.3, 0.4) is 0 Å². The van der Waals surface area contributed by atoms with E-state index in [1.807, 2.05) is 48.5 Å². The van der Waals surface area contributed by atoms with Crippen LogP contribution in [0.4, 0.5) is 18.9 Å². The van der Waals surface area contributed by atoms with E-state index in [1.54, 1.807) is 0 Å². The Kier molecular flexibility index (Phi) is 5.49. The first-order valence-electron chi connectivity index (χ1n) is 9.43. The minimum atomic E-state index is -4.38. The molecular weight excluding hydrogens is 419 g/mol. The number of hydrogen-bond donors (Lipinski definition) is 2. The van der Waals surface area contributed by atoms with E-state index in [0.717, 1.165) is 39.2 Å². The minimum absolute atomic E-state index is 0.289. The molecule has 0 bridgehead atoms. The number of halogens is 3. The Labute approximate surface area is 182 Å². The van der Waals surface area contributed by atoms with Crippen LogP contribution in [-0.4, -0.2) is 5.11 Å². The van der Waals surface area contributed by atoms with Gasteiger partial charge in [0.05, 0.1) is 11.1 Å². The van der Waals surface area contributed by atoms with Gasteiger partial charge in [-0.25, -0.2) is 0 Å². The summed E-state index contributed by atoms with van der Waals surface area (Å²) in [6, 6.07) is 22.4. The summed E-state index contributed by atoms with van der Waals surface area (Å²) in [7, 11) is 0. The van der Waals surface area contributed by atoms with Gasteiger partial charge >= 0.3 is 6.18 Å². The van der Waals surface area contributed by atoms with E-state index >= 15 is 0 Å². The zero-order valence-electron chi connectivity index (χ0n) is 16.1. The molecule has 4 aromatic carbocycles. The molecule has 0 saturated carbocycles. The predicted octanol–water partition coefficient (Wildman–Crippen LogP) is 6.37. The van der Waals surface area contributed by atoms with Crippen molar-refractivity contribution in [3.8, 4) is 6.07 Å². The van der Waals surface area contributed by atoms with Gasteiger partial charge in [0.1, 0.15) is 6.07 Å². The zero-order valence-corrected chi connectivity index (χ0v) is 16.9. The Bertz CT molecular complexity index is 1270. The third-order valence-corrected chi connectivity index (χ3v) is 5.30. The summed E-state index contributed by atoms with van der Waals surface area (Å²) in [6.45, 7) is 0.388. The molecule has 31 heavy (non-hydrogen) atoms. The number of anilines is 1. The van der Waals surface area contributed by atoms with Gasteiger partial charge in [-0.05, 0) is 52.8 Å². The van der Waals surface area contributed by atoms with E-state index in [2.05, 4.69) is 16.7 Å². The lowest BCUT2D eigenvalue weighted by Gasteiger charge is -2.16. The summed E-state index contributed by atoms with van der Waals surface area (Å²) in [5.74, 6) is 0. The molecule has 4 aromatic rings. The molecule has 0 aliphatic carbocycles. The molecule has 0 aliphatic heterocycles. The molecule has 0 saturated heterocycles. The van der Waals surface area contributed by atoms with Crippen LogP contribution in [0, 0.1) is 11.3 Å². The summed E-state index contributed by atoms with van der Waals surface area (Å²) >= 11 is 5.34. The number of nitrogens with one attached hydrogen (secondary N) is 2. The topological polar surface area (TPSA) is 47.9 Å². The van der Waals surface area contributed by atoms with Crippen LogP contribution in [0.15, 0.2) is 72.8 Å². The van der Waals surface area contributed by atoms with Crippen LogP contribution in [-0.2, 0) is 12.7 Å². The minimum Gasteiger partial charge on any atom is -0.358 e. The first-order chi connectivity index (χ1) is 14.9. The smallest absolute Gasteiger partial charge is 0.358 e. The van der Waals surface area contributed by atoms with Gasteiger partial charge in [0.2, 0.25) is 0 Å². The summed E-state index contributed by atoms with van der Waals surface area (Å²) in [5, 5.41) is 19.7. The molecule has 0 amide bonds. The Hall–Kier alpha value is -3.63. The number of nitriles is 1. The Balaban J connectivity index is 1.60. The van der Waals surface area contributed by atoms with Crippen LogP contribution < -0.4 is 10.6 Å². The van der Waals surface area contributed by atoms with Crippen LogP contribution in [0.2, 0.25) is 0 Å². The lowest BCUT2D eigenvalue weighted by Crippen LogP contribution is -2.28. The van der Waals surface area contributed by atoms with E-state index in [-0.39, 0.29) is 5.11 Å². The number of thiocarbonyl (C=S) groups is 1. The maximum Gasteiger partial charge on any atom is 0.416 e. The fourth-order valence-corrected chi connectivity index (χ4v) is 3.81. The summed E-state index contributed by atoms with van der Waals surface area (Å²) in [4.78, 5) is 0. The summed E-state index contributed by atoms with van der Waals surface area (Å²) in [6.07, 6.45) is -4.38. The average molecular weight is 435 g/mol. The highest BCUT2D eigenvalue weighted by molar-refractivity contribution is 7.80. The van der Waals surface area contributed by atoms with Gasteiger partial charge in [0.15, 0.2) is 5.11 Å². The predicted molar refractivity (Wildman–Crippen MR) is 121 cm³/mol. The maximum atomic E-state index is 12.7. The largest absolute Gasteiger partial charge is 0.416 e. The molecule has 0 atom stereocenters. The molecule has 3 nitrogen and oxygen atoms in total. The fourth-order valence-electron chi connectivity index (χ4n) is 3.62. The standard InChI is InChI=1S/C24H16F3N3S/c25-24(26,27)15-9-11-16(12-10-15)30-23(31)29-14-22-19-7-3-1-5-17(19)21(13-28)18-6-2-4-8-20(18)22/h1-12H,14H2,(H2,29,30,31). The van der Waals surface area contributed by atoms with Gasteiger partial charge in [-0.3, -0.25) is 0 Å². The van der Waals surface area contributed by atoms with Gasteiger partial charge in [0.25, 0.3) is 0 Å². The van der Waals surface area contributed by atoms with Crippen molar-refractivity contribution in [2.45, 2.75) is 12.7 Å². The second-order valence-corrected chi connectivity index (χ2v) is 7.35. The third kappa shape index (κ3) is 4.16. The molecule has 2 N–H and O–H groups in total. The Morgan fingerprint density at radius 3 is 1.84 bits per heavy atom. The number of nitrogens with zero attached hydrogens (tertiary/aromatic N) is 1. The zero-order chi connectivity index (χ0) is 22.0. The fraction of sp³-hybridized carbons (Fsp3) is 0.0833. The molecule has 0 unspecified atom stereocenters. The summed E-state index contributed by atoms with van der Waals surface area (Å²) < 4.78 is 38.2. The second kappa shape index (κ2) is 8.25. The van der Waals surface area contributed by atoms with Crippen LogP contribution in [0.25, 0.3) is 21.5 Å². The van der Waals surface area contributed by atoms with Gasteiger partial charge in [-0.2, -0.15) is 18.4 Å². The van der Waals surface area contributed by atoms with Crippen molar-refractivity contribution in [1.82, 2.24) is 5.32 Å². The van der Waals surface area contributed by atoms with E-state index in [9.17, 15) is 18.4 Å². The van der Waals surface area contributed by atoms with Crippen LogP contribution >= 0.6 is 12.2 Å². The molecule has 0 spiro atoms. The first kappa shape index (κ1) is 20.6. The van der Waals surface area contributed by atoms with E-state index in [1.165, 1.54) is 12.1 Å². The van der Waals surface area contributed by atoms with Crippen LogP contribution in [0.1, 0.15) is 16.7 Å². The Morgan fingerprint density at radius 2 is 1.35 bits per heavy atom. The van der Waals surface area contributed by atoms with Crippen LogP contribution in [0.5, 0.6) is 0 Å². The number of benzene rings is 4. The molecule has 0 radical (unpaired) electrons. The maximum absolute atomic E-state index is 12.7. The molecule has 0 aliphatic rings. The lowest BCUT2D eigenvalue weighted by atomic mass is 9.92. The molecule has 4 rings (SSSR count). The van der Waals surface area contributed by atoms with Crippen molar-refractivity contribution in [2.24, 2.45) is 0 Å². The van der Waals surface area contributed by atoms with Crippen molar-refractivity contribution in [2.75, 3.05) is 5.32 Å². The normalized spacial score (nSPS) is 11.3. The van der Waals surface area contributed by atoms with E-state index < -0.39 is 11.7 Å². The van der Waals surface area contributed by atoms with E-state index in [0.29, 0.717) is 17.8 Å². The average Bonchev–Trinajstić information content (AvgIpc) is 2.76. The lowest BCUT2D eigenvalue weighted by molar-refractivity contribution is -0.137. The number of hydrogen-bond acceptors (Lipinski definition) is 2. The molecule has 0 aromatic heterocycles. The number of alkyl halides is 3.